The molecule has 0 aromatic heterocycles. The quantitative estimate of drug-likeness (QED) is 0.659. The van der Waals surface area contributed by atoms with Gasteiger partial charge in [-0.3, -0.25) is 0 Å². The van der Waals surface area contributed by atoms with Gasteiger partial charge in [0, 0.05) is 26.7 Å². The Balaban J connectivity index is 1.95. The van der Waals surface area contributed by atoms with E-state index in [1.165, 1.54) is 12.8 Å². The molecule has 3 nitrogen and oxygen atoms in total. The fourth-order valence-electron chi connectivity index (χ4n) is 2.42. The standard InChI is InChI=1S/C10H19NO2/c1-12-9-3-6-13-10(7-9)4-2-5-11-8-10/h9,11H,2-8H2,1H3/t9-,10-/m0/s1. The van der Waals surface area contributed by atoms with Gasteiger partial charge in [0.25, 0.3) is 0 Å². The normalized spacial score (nSPS) is 40.8. The van der Waals surface area contributed by atoms with E-state index < -0.39 is 0 Å². The highest BCUT2D eigenvalue weighted by atomic mass is 16.5. The Bertz CT molecular complexity index is 161. The van der Waals surface area contributed by atoms with Crippen molar-refractivity contribution in [2.75, 3.05) is 26.8 Å². The second-order valence-electron chi connectivity index (χ2n) is 4.16. The predicted octanol–water partition coefficient (Wildman–Crippen LogP) is 0.934. The van der Waals surface area contributed by atoms with E-state index in [0.717, 1.165) is 32.5 Å². The Hall–Kier alpha value is -0.120. The molecule has 76 valence electrons. The van der Waals surface area contributed by atoms with Crippen LogP contribution in [0.15, 0.2) is 0 Å². The fourth-order valence-corrected chi connectivity index (χ4v) is 2.42. The lowest BCUT2D eigenvalue weighted by atomic mass is 9.85. The topological polar surface area (TPSA) is 30.5 Å². The average molecular weight is 185 g/mol. The van der Waals surface area contributed by atoms with E-state index >= 15 is 0 Å². The van der Waals surface area contributed by atoms with E-state index in [1.54, 1.807) is 7.11 Å². The molecule has 0 aromatic carbocycles. The van der Waals surface area contributed by atoms with Crippen LogP contribution < -0.4 is 5.32 Å². The largest absolute Gasteiger partial charge is 0.381 e. The van der Waals surface area contributed by atoms with Gasteiger partial charge in [0.05, 0.1) is 11.7 Å². The van der Waals surface area contributed by atoms with E-state index in [-0.39, 0.29) is 5.60 Å². The van der Waals surface area contributed by atoms with Crippen LogP contribution in [-0.2, 0) is 9.47 Å². The van der Waals surface area contributed by atoms with E-state index in [4.69, 9.17) is 9.47 Å². The summed E-state index contributed by atoms with van der Waals surface area (Å²) in [5.74, 6) is 0. The molecule has 0 bridgehead atoms. The van der Waals surface area contributed by atoms with Crippen molar-refractivity contribution in [2.24, 2.45) is 0 Å². The van der Waals surface area contributed by atoms with Crippen molar-refractivity contribution >= 4 is 0 Å². The van der Waals surface area contributed by atoms with Crippen LogP contribution >= 0.6 is 0 Å². The SMILES string of the molecule is CO[C@H]1CCO[C@@]2(CCCNC2)C1. The minimum atomic E-state index is 0.0944. The van der Waals surface area contributed by atoms with Gasteiger partial charge in [-0.2, -0.15) is 0 Å². The number of nitrogens with one attached hydrogen (secondary N) is 1. The highest BCUT2D eigenvalue weighted by Crippen LogP contribution is 2.31. The first-order chi connectivity index (χ1) is 6.35. The summed E-state index contributed by atoms with van der Waals surface area (Å²) in [5, 5.41) is 3.41. The van der Waals surface area contributed by atoms with Crippen LogP contribution in [0.4, 0.5) is 0 Å². The Kier molecular flexibility index (Phi) is 2.86. The van der Waals surface area contributed by atoms with Crippen molar-refractivity contribution in [3.05, 3.63) is 0 Å². The third-order valence-corrected chi connectivity index (χ3v) is 3.21. The summed E-state index contributed by atoms with van der Waals surface area (Å²) in [5.41, 5.74) is 0.0944. The summed E-state index contributed by atoms with van der Waals surface area (Å²) < 4.78 is 11.3. The Morgan fingerprint density at radius 1 is 1.54 bits per heavy atom. The molecule has 2 saturated heterocycles. The number of piperidine rings is 1. The van der Waals surface area contributed by atoms with Gasteiger partial charge in [0.1, 0.15) is 0 Å². The highest BCUT2D eigenvalue weighted by molar-refractivity contribution is 4.92. The first-order valence-corrected chi connectivity index (χ1v) is 5.22. The first-order valence-electron chi connectivity index (χ1n) is 5.22. The van der Waals surface area contributed by atoms with Gasteiger partial charge in [0.15, 0.2) is 0 Å². The maximum absolute atomic E-state index is 5.90. The average Bonchev–Trinajstić information content (AvgIpc) is 2.19. The molecular formula is C10H19NO2. The first kappa shape index (κ1) is 9.44. The lowest BCUT2D eigenvalue weighted by Crippen LogP contribution is -2.52. The monoisotopic (exact) mass is 185 g/mol. The summed E-state index contributed by atoms with van der Waals surface area (Å²) in [7, 11) is 1.81. The molecule has 2 heterocycles. The molecule has 1 spiro atoms. The van der Waals surface area contributed by atoms with Crippen LogP contribution in [0.2, 0.25) is 0 Å². The number of ether oxygens (including phenoxy) is 2. The summed E-state index contributed by atoms with van der Waals surface area (Å²) in [4.78, 5) is 0. The third-order valence-electron chi connectivity index (χ3n) is 3.21. The number of rotatable bonds is 1. The van der Waals surface area contributed by atoms with Crippen LogP contribution in [0.5, 0.6) is 0 Å². The van der Waals surface area contributed by atoms with Crippen molar-refractivity contribution in [1.29, 1.82) is 0 Å². The molecule has 2 aliphatic heterocycles. The van der Waals surface area contributed by atoms with Crippen molar-refractivity contribution in [3.63, 3.8) is 0 Å². The minimum Gasteiger partial charge on any atom is -0.381 e. The van der Waals surface area contributed by atoms with Crippen molar-refractivity contribution < 1.29 is 9.47 Å². The van der Waals surface area contributed by atoms with Gasteiger partial charge in [-0.15, -0.1) is 0 Å². The maximum atomic E-state index is 5.90. The molecule has 2 aliphatic rings. The Labute approximate surface area is 79.8 Å². The second kappa shape index (κ2) is 3.95. The van der Waals surface area contributed by atoms with E-state index in [1.807, 2.05) is 0 Å². The zero-order valence-corrected chi connectivity index (χ0v) is 8.34. The molecule has 2 rings (SSSR count). The number of hydrogen-bond acceptors (Lipinski definition) is 3. The molecule has 2 atom stereocenters. The summed E-state index contributed by atoms with van der Waals surface area (Å²) in [6.07, 6.45) is 4.96. The molecule has 0 radical (unpaired) electrons. The van der Waals surface area contributed by atoms with Crippen LogP contribution in [0.25, 0.3) is 0 Å². The third kappa shape index (κ3) is 2.03. The van der Waals surface area contributed by atoms with Gasteiger partial charge in [-0.1, -0.05) is 0 Å². The molecular weight excluding hydrogens is 166 g/mol. The number of hydrogen-bond donors (Lipinski definition) is 1. The van der Waals surface area contributed by atoms with Gasteiger partial charge < -0.3 is 14.8 Å². The van der Waals surface area contributed by atoms with Gasteiger partial charge in [-0.25, -0.2) is 0 Å². The molecule has 1 N–H and O–H groups in total. The highest BCUT2D eigenvalue weighted by Gasteiger charge is 2.38. The van der Waals surface area contributed by atoms with E-state index in [9.17, 15) is 0 Å². The zero-order chi connectivity index (χ0) is 9.15. The molecule has 0 aliphatic carbocycles. The lowest BCUT2D eigenvalue weighted by molar-refractivity contribution is -0.134. The van der Waals surface area contributed by atoms with Crippen LogP contribution in [0.1, 0.15) is 25.7 Å². The minimum absolute atomic E-state index is 0.0944. The smallest absolute Gasteiger partial charge is 0.0831 e. The maximum Gasteiger partial charge on any atom is 0.0831 e. The van der Waals surface area contributed by atoms with E-state index in [0.29, 0.717) is 6.10 Å². The molecule has 13 heavy (non-hydrogen) atoms. The number of methoxy groups -OCH3 is 1. The predicted molar refractivity (Wildman–Crippen MR) is 50.8 cm³/mol. The van der Waals surface area contributed by atoms with Gasteiger partial charge >= 0.3 is 0 Å². The molecule has 0 aromatic rings. The molecule has 0 unspecified atom stereocenters. The lowest BCUT2D eigenvalue weighted by Gasteiger charge is -2.43. The molecule has 2 fully saturated rings. The Morgan fingerprint density at radius 3 is 3.15 bits per heavy atom. The molecule has 0 saturated carbocycles. The van der Waals surface area contributed by atoms with Gasteiger partial charge in [-0.05, 0) is 25.8 Å². The van der Waals surface area contributed by atoms with Crippen LogP contribution in [0.3, 0.4) is 0 Å². The van der Waals surface area contributed by atoms with Crippen LogP contribution in [0, 0.1) is 0 Å². The summed E-state index contributed by atoms with van der Waals surface area (Å²) >= 11 is 0. The van der Waals surface area contributed by atoms with Crippen molar-refractivity contribution in [3.8, 4) is 0 Å². The van der Waals surface area contributed by atoms with E-state index in [2.05, 4.69) is 5.32 Å². The molecule has 0 amide bonds. The fraction of sp³-hybridized carbons (Fsp3) is 1.00. The van der Waals surface area contributed by atoms with Crippen molar-refractivity contribution in [1.82, 2.24) is 5.32 Å². The summed E-state index contributed by atoms with van der Waals surface area (Å²) in [6.45, 7) is 3.01. The van der Waals surface area contributed by atoms with Gasteiger partial charge in [0.2, 0.25) is 0 Å². The molecule has 3 heteroatoms. The Morgan fingerprint density at radius 2 is 2.46 bits per heavy atom. The van der Waals surface area contributed by atoms with Crippen molar-refractivity contribution in [2.45, 2.75) is 37.4 Å². The van der Waals surface area contributed by atoms with Crippen LogP contribution in [-0.4, -0.2) is 38.5 Å². The second-order valence-corrected chi connectivity index (χ2v) is 4.16. The zero-order valence-electron chi connectivity index (χ0n) is 8.34. The summed E-state index contributed by atoms with van der Waals surface area (Å²) in [6, 6.07) is 0.